The predicted octanol–water partition coefficient (Wildman–Crippen LogP) is 9.51. The summed E-state index contributed by atoms with van der Waals surface area (Å²) in [5.41, 5.74) is 5.62. The van der Waals surface area contributed by atoms with Gasteiger partial charge in [0, 0.05) is 67.8 Å². The lowest BCUT2D eigenvalue weighted by molar-refractivity contribution is -0.145. The lowest BCUT2D eigenvalue weighted by Crippen LogP contribution is -2.23. The number of esters is 2. The first-order chi connectivity index (χ1) is 28.2. The number of carbonyl (C=O) groups excluding carboxylic acids is 3. The average molecular weight is 813 g/mol. The van der Waals surface area contributed by atoms with Gasteiger partial charge in [-0.25, -0.2) is 4.79 Å². The van der Waals surface area contributed by atoms with Gasteiger partial charge in [-0.3, -0.25) is 14.4 Å². The maximum Gasteiger partial charge on any atom is 0.335 e. The Bertz CT molecular complexity index is 1950. The number of hydrogen-bond acceptors (Lipinski definition) is 10. The summed E-state index contributed by atoms with van der Waals surface area (Å²) in [6.07, 6.45) is 2.89. The van der Waals surface area contributed by atoms with Crippen molar-refractivity contribution in [3.8, 4) is 33.8 Å². The minimum atomic E-state index is -0.964. The zero-order valence-electron chi connectivity index (χ0n) is 35.8. The number of rotatable bonds is 22. The van der Waals surface area contributed by atoms with Gasteiger partial charge in [0.2, 0.25) is 0 Å². The monoisotopic (exact) mass is 812 g/mol. The Balaban J connectivity index is 0.000000316. The number of carboxylic acids is 1. The van der Waals surface area contributed by atoms with Crippen molar-refractivity contribution in [1.29, 1.82) is 0 Å². The van der Waals surface area contributed by atoms with Gasteiger partial charge in [-0.05, 0) is 60.4 Å². The summed E-state index contributed by atoms with van der Waals surface area (Å²) in [7, 11) is 3.31. The molecule has 11 nitrogen and oxygen atoms in total. The first-order valence-corrected chi connectivity index (χ1v) is 19.9. The Morgan fingerprint density at radius 1 is 0.593 bits per heavy atom. The number of methoxy groups -OCH3 is 2. The second kappa shape index (κ2) is 23.8. The molecule has 0 saturated heterocycles. The molecule has 1 N–H and O–H groups in total. The molecule has 0 aliphatic carbocycles. The number of carbonyl (C=O) groups is 4. The average Bonchev–Trinajstić information content (AvgIpc) is 3.21. The third-order valence-electron chi connectivity index (χ3n) is 9.61. The molecule has 0 aliphatic heterocycles. The lowest BCUT2D eigenvalue weighted by atomic mass is 9.81. The molecule has 4 rings (SSSR count). The van der Waals surface area contributed by atoms with Crippen LogP contribution in [0.1, 0.15) is 99.1 Å². The van der Waals surface area contributed by atoms with Crippen LogP contribution in [0.5, 0.6) is 11.5 Å². The van der Waals surface area contributed by atoms with Crippen LogP contribution in [0.3, 0.4) is 0 Å². The van der Waals surface area contributed by atoms with Gasteiger partial charge in [-0.15, -0.1) is 0 Å². The van der Waals surface area contributed by atoms with Crippen LogP contribution in [-0.4, -0.2) is 83.2 Å². The van der Waals surface area contributed by atoms with Crippen molar-refractivity contribution in [1.82, 2.24) is 0 Å². The van der Waals surface area contributed by atoms with Crippen LogP contribution < -0.4 is 9.47 Å². The summed E-state index contributed by atoms with van der Waals surface area (Å²) in [5.74, 6) is 0.0126. The van der Waals surface area contributed by atoms with E-state index in [-0.39, 0.29) is 30.3 Å². The van der Waals surface area contributed by atoms with Crippen molar-refractivity contribution in [2.75, 3.05) is 53.9 Å². The summed E-state index contributed by atoms with van der Waals surface area (Å²) in [4.78, 5) is 46.1. The van der Waals surface area contributed by atoms with Crippen molar-refractivity contribution < 1.29 is 52.7 Å². The molecule has 11 heteroatoms. The number of hydrogen-bond donors (Lipinski definition) is 1. The molecule has 0 bridgehead atoms. The Kier molecular flexibility index (Phi) is 19.3. The standard InChI is InChI=1S/C24H30O6.C24H30O5/c1-5-29-22(25)16-24(2,3)19-11-12-20(21(15-19)30-14-6-13-28-4)17-7-9-18(10-8-17)23(26)27;1-5-28-23(26)16-24(2,3)20-11-12-21(19-9-7-18(17-25)8-10-19)22(15-20)29-14-6-13-27-4/h7-12,15H,5-6,13-14,16H2,1-4H3,(H,26,27);7-12,15,17H,5-6,13-14,16H2,1-4H3. The number of carboxylic acid groups (broad SMARTS) is 1. The minimum Gasteiger partial charge on any atom is -0.493 e. The van der Waals surface area contributed by atoms with E-state index in [1.54, 1.807) is 57.5 Å². The normalized spacial score (nSPS) is 11.2. The summed E-state index contributed by atoms with van der Waals surface area (Å²) in [6, 6.07) is 26.0. The molecule has 4 aromatic rings. The first-order valence-electron chi connectivity index (χ1n) is 19.9. The van der Waals surface area contributed by atoms with Crippen LogP contribution >= 0.6 is 0 Å². The van der Waals surface area contributed by atoms with Crippen LogP contribution in [0, 0.1) is 0 Å². The van der Waals surface area contributed by atoms with Crippen molar-refractivity contribution in [2.45, 2.75) is 78.1 Å². The van der Waals surface area contributed by atoms with Crippen molar-refractivity contribution in [2.24, 2.45) is 0 Å². The molecule has 0 atom stereocenters. The van der Waals surface area contributed by atoms with Crippen molar-refractivity contribution in [3.05, 3.63) is 107 Å². The van der Waals surface area contributed by atoms with Crippen LogP contribution in [-0.2, 0) is 39.4 Å². The largest absolute Gasteiger partial charge is 0.493 e. The van der Waals surface area contributed by atoms with E-state index < -0.39 is 16.8 Å². The number of aldehydes is 1. The lowest BCUT2D eigenvalue weighted by Gasteiger charge is -2.25. The molecule has 0 aliphatic rings. The molecule has 0 saturated carbocycles. The van der Waals surface area contributed by atoms with Gasteiger partial charge < -0.3 is 33.5 Å². The first kappa shape index (κ1) is 47.9. The smallest absolute Gasteiger partial charge is 0.335 e. The molecule has 318 valence electrons. The van der Waals surface area contributed by atoms with E-state index in [0.717, 1.165) is 58.3 Å². The molecular weight excluding hydrogens is 753 g/mol. The molecular formula is C48H60O11. The van der Waals surface area contributed by atoms with E-state index in [4.69, 9.17) is 33.5 Å². The summed E-state index contributed by atoms with van der Waals surface area (Å²) in [6.45, 7) is 14.6. The van der Waals surface area contributed by atoms with E-state index >= 15 is 0 Å². The Labute approximate surface area is 348 Å². The fourth-order valence-corrected chi connectivity index (χ4v) is 6.26. The highest BCUT2D eigenvalue weighted by atomic mass is 16.5. The molecule has 0 aromatic heterocycles. The van der Waals surface area contributed by atoms with Gasteiger partial charge in [0.05, 0.1) is 44.8 Å². The maximum absolute atomic E-state index is 12.0. The zero-order valence-corrected chi connectivity index (χ0v) is 35.8. The fourth-order valence-electron chi connectivity index (χ4n) is 6.26. The van der Waals surface area contributed by atoms with Crippen LogP contribution in [0.15, 0.2) is 84.9 Å². The predicted molar refractivity (Wildman–Crippen MR) is 229 cm³/mol. The van der Waals surface area contributed by atoms with Gasteiger partial charge in [-0.2, -0.15) is 0 Å². The molecule has 0 heterocycles. The van der Waals surface area contributed by atoms with E-state index in [9.17, 15) is 19.2 Å². The number of ether oxygens (including phenoxy) is 6. The van der Waals surface area contributed by atoms with Gasteiger partial charge in [0.1, 0.15) is 17.8 Å². The number of benzene rings is 4. The summed E-state index contributed by atoms with van der Waals surface area (Å²) < 4.78 is 32.5. The molecule has 0 fully saturated rings. The highest BCUT2D eigenvalue weighted by Crippen LogP contribution is 2.38. The zero-order chi connectivity index (χ0) is 43.4. The Morgan fingerprint density at radius 3 is 1.36 bits per heavy atom. The summed E-state index contributed by atoms with van der Waals surface area (Å²) in [5, 5.41) is 9.13. The second-order valence-corrected chi connectivity index (χ2v) is 15.2. The Hall–Kier alpha value is -5.52. The second-order valence-electron chi connectivity index (χ2n) is 15.2. The van der Waals surface area contributed by atoms with Gasteiger partial charge in [0.25, 0.3) is 0 Å². The Morgan fingerprint density at radius 2 is 1.00 bits per heavy atom. The number of aromatic carboxylic acids is 1. The van der Waals surface area contributed by atoms with Crippen LogP contribution in [0.2, 0.25) is 0 Å². The minimum absolute atomic E-state index is 0.214. The fraction of sp³-hybridized carbons (Fsp3) is 0.417. The molecule has 0 unspecified atom stereocenters. The molecule has 59 heavy (non-hydrogen) atoms. The van der Waals surface area contributed by atoms with Crippen molar-refractivity contribution in [3.63, 3.8) is 0 Å². The van der Waals surface area contributed by atoms with E-state index in [1.807, 2.05) is 83.1 Å². The van der Waals surface area contributed by atoms with Crippen LogP contribution in [0.4, 0.5) is 0 Å². The topological polar surface area (TPSA) is 144 Å². The van der Waals surface area contributed by atoms with E-state index in [2.05, 4.69) is 0 Å². The van der Waals surface area contributed by atoms with Gasteiger partial charge in [0.15, 0.2) is 0 Å². The SMILES string of the molecule is CCOC(=O)CC(C)(C)c1ccc(-c2ccc(C(=O)O)cc2)c(OCCCOC)c1.CCOC(=O)CC(C)(C)c1ccc(-c2ccc(C=O)cc2)c(OCCCOC)c1. The highest BCUT2D eigenvalue weighted by molar-refractivity contribution is 5.88. The third-order valence-corrected chi connectivity index (χ3v) is 9.61. The maximum atomic E-state index is 12.0. The molecule has 0 radical (unpaired) electrons. The highest BCUT2D eigenvalue weighted by Gasteiger charge is 2.28. The van der Waals surface area contributed by atoms with Gasteiger partial charge in [-0.1, -0.05) is 88.4 Å². The van der Waals surface area contributed by atoms with E-state index in [1.165, 1.54) is 0 Å². The molecule has 0 amide bonds. The van der Waals surface area contributed by atoms with Crippen LogP contribution in [0.25, 0.3) is 22.3 Å². The quantitative estimate of drug-likeness (QED) is 0.0460. The molecule has 4 aromatic carbocycles. The molecule has 0 spiro atoms. The van der Waals surface area contributed by atoms with E-state index in [0.29, 0.717) is 51.0 Å². The van der Waals surface area contributed by atoms with Crippen molar-refractivity contribution >= 4 is 24.2 Å². The third kappa shape index (κ3) is 15.0. The summed E-state index contributed by atoms with van der Waals surface area (Å²) >= 11 is 0. The van der Waals surface area contributed by atoms with Gasteiger partial charge >= 0.3 is 17.9 Å².